The molecule has 1 aromatic carbocycles. The Morgan fingerprint density at radius 1 is 1.03 bits per heavy atom. The summed E-state index contributed by atoms with van der Waals surface area (Å²) in [7, 11) is 0. The summed E-state index contributed by atoms with van der Waals surface area (Å²) in [5.41, 5.74) is 0.975. The summed E-state index contributed by atoms with van der Waals surface area (Å²) in [5.74, 6) is 1.28. The first-order chi connectivity index (χ1) is 14.6. The van der Waals surface area contributed by atoms with Gasteiger partial charge < -0.3 is 15.1 Å². The number of aromatic nitrogens is 2. The van der Waals surface area contributed by atoms with Gasteiger partial charge in [0.15, 0.2) is 5.82 Å². The molecule has 8 heteroatoms. The van der Waals surface area contributed by atoms with Crippen molar-refractivity contribution in [3.05, 3.63) is 65.0 Å². The van der Waals surface area contributed by atoms with Crippen LogP contribution in [-0.2, 0) is 4.79 Å². The van der Waals surface area contributed by atoms with E-state index in [2.05, 4.69) is 15.2 Å². The fourth-order valence-corrected chi connectivity index (χ4v) is 4.05. The summed E-state index contributed by atoms with van der Waals surface area (Å²) >= 11 is 1.36. The molecule has 1 saturated heterocycles. The number of amides is 2. The molecular weight excluding hydrogens is 398 g/mol. The van der Waals surface area contributed by atoms with Crippen molar-refractivity contribution in [1.82, 2.24) is 20.2 Å². The maximum absolute atomic E-state index is 12.8. The summed E-state index contributed by atoms with van der Waals surface area (Å²) in [5, 5.41) is 4.64. The Hall–Kier alpha value is -3.26. The Balaban J connectivity index is 1.34. The first-order valence-corrected chi connectivity index (χ1v) is 10.8. The number of hydrogen-bond donors (Lipinski definition) is 1. The van der Waals surface area contributed by atoms with Gasteiger partial charge in [-0.15, -0.1) is 11.3 Å². The van der Waals surface area contributed by atoms with Crippen LogP contribution in [0.1, 0.15) is 16.6 Å². The van der Waals surface area contributed by atoms with Gasteiger partial charge in [0.1, 0.15) is 11.9 Å². The third kappa shape index (κ3) is 4.49. The highest BCUT2D eigenvalue weighted by Gasteiger charge is 2.27. The molecule has 2 aromatic heterocycles. The number of hydrogen-bond acceptors (Lipinski definition) is 6. The van der Waals surface area contributed by atoms with Gasteiger partial charge in [0.2, 0.25) is 5.91 Å². The van der Waals surface area contributed by atoms with Crippen LogP contribution < -0.4 is 10.2 Å². The summed E-state index contributed by atoms with van der Waals surface area (Å²) < 4.78 is 0. The molecule has 0 aliphatic carbocycles. The molecule has 154 valence electrons. The van der Waals surface area contributed by atoms with Crippen LogP contribution in [-0.4, -0.2) is 58.9 Å². The van der Waals surface area contributed by atoms with Crippen LogP contribution >= 0.6 is 11.3 Å². The van der Waals surface area contributed by atoms with E-state index < -0.39 is 6.04 Å². The lowest BCUT2D eigenvalue weighted by Crippen LogP contribution is -2.54. The van der Waals surface area contributed by atoms with Gasteiger partial charge in [0.05, 0.1) is 4.88 Å². The predicted molar refractivity (Wildman–Crippen MR) is 118 cm³/mol. The molecule has 7 nitrogen and oxygen atoms in total. The summed E-state index contributed by atoms with van der Waals surface area (Å²) in [4.78, 5) is 38.6. The topological polar surface area (TPSA) is 78.4 Å². The van der Waals surface area contributed by atoms with Crippen LogP contribution in [0.2, 0.25) is 0 Å². The number of rotatable bonds is 5. The van der Waals surface area contributed by atoms with Gasteiger partial charge in [0, 0.05) is 37.9 Å². The van der Waals surface area contributed by atoms with Crippen molar-refractivity contribution in [3.63, 3.8) is 0 Å². The number of carbonyl (C=O) groups is 2. The van der Waals surface area contributed by atoms with Crippen LogP contribution in [0, 0.1) is 0 Å². The van der Waals surface area contributed by atoms with Crippen molar-refractivity contribution < 1.29 is 9.59 Å². The third-order valence-corrected chi connectivity index (χ3v) is 5.92. The number of nitrogens with one attached hydrogen (secondary N) is 1. The van der Waals surface area contributed by atoms with E-state index in [0.717, 1.165) is 11.4 Å². The van der Waals surface area contributed by atoms with Gasteiger partial charge in [-0.1, -0.05) is 36.4 Å². The number of benzene rings is 1. The summed E-state index contributed by atoms with van der Waals surface area (Å²) in [6.07, 6.45) is 1.77. The minimum absolute atomic E-state index is 0.0628. The average Bonchev–Trinajstić information content (AvgIpc) is 3.35. The Morgan fingerprint density at radius 2 is 1.80 bits per heavy atom. The molecule has 0 saturated carbocycles. The smallest absolute Gasteiger partial charge is 0.261 e. The zero-order chi connectivity index (χ0) is 20.9. The molecule has 30 heavy (non-hydrogen) atoms. The molecule has 1 N–H and O–H groups in total. The highest BCUT2D eigenvalue weighted by molar-refractivity contribution is 7.12. The largest absolute Gasteiger partial charge is 0.353 e. The average molecular weight is 422 g/mol. The number of carbonyl (C=O) groups excluding carboxylic acids is 2. The van der Waals surface area contributed by atoms with E-state index >= 15 is 0 Å². The molecule has 2 amide bonds. The van der Waals surface area contributed by atoms with Gasteiger partial charge in [-0.25, -0.2) is 9.97 Å². The number of thiophene rings is 1. The third-order valence-electron chi connectivity index (χ3n) is 5.05. The fraction of sp³-hybridized carbons (Fsp3) is 0.273. The quantitative estimate of drug-likeness (QED) is 0.685. The van der Waals surface area contributed by atoms with E-state index in [0.29, 0.717) is 36.9 Å². The first kappa shape index (κ1) is 20.0. The summed E-state index contributed by atoms with van der Waals surface area (Å²) in [6, 6.07) is 14.8. The van der Waals surface area contributed by atoms with Crippen molar-refractivity contribution in [2.45, 2.75) is 13.0 Å². The van der Waals surface area contributed by atoms with E-state index in [1.165, 1.54) is 11.3 Å². The Labute approximate surface area is 179 Å². The molecular formula is C22H23N5O2S. The molecule has 3 aromatic rings. The monoisotopic (exact) mass is 421 g/mol. The minimum atomic E-state index is -0.560. The number of piperazine rings is 1. The molecule has 0 spiro atoms. The lowest BCUT2D eigenvalue weighted by molar-refractivity contribution is -0.133. The maximum atomic E-state index is 12.8. The van der Waals surface area contributed by atoms with Gasteiger partial charge in [-0.3, -0.25) is 9.59 Å². The minimum Gasteiger partial charge on any atom is -0.353 e. The lowest BCUT2D eigenvalue weighted by Gasteiger charge is -2.36. The normalized spacial score (nSPS) is 15.0. The second-order valence-electron chi connectivity index (χ2n) is 7.09. The highest BCUT2D eigenvalue weighted by atomic mass is 32.1. The maximum Gasteiger partial charge on any atom is 0.261 e. The van der Waals surface area contributed by atoms with Crippen LogP contribution in [0.15, 0.2) is 60.1 Å². The second kappa shape index (κ2) is 9.04. The molecule has 4 rings (SSSR count). The van der Waals surface area contributed by atoms with Crippen molar-refractivity contribution in [2.24, 2.45) is 0 Å². The van der Waals surface area contributed by atoms with E-state index in [4.69, 9.17) is 4.98 Å². The van der Waals surface area contributed by atoms with Crippen molar-refractivity contribution in [3.8, 4) is 11.4 Å². The molecule has 1 aliphatic rings. The lowest BCUT2D eigenvalue weighted by atomic mass is 10.2. The Bertz CT molecular complexity index is 1000. The van der Waals surface area contributed by atoms with Crippen LogP contribution in [0.5, 0.6) is 0 Å². The number of nitrogens with zero attached hydrogens (tertiary/aromatic N) is 4. The Kier molecular flexibility index (Phi) is 6.04. The van der Waals surface area contributed by atoms with Crippen molar-refractivity contribution >= 4 is 29.0 Å². The van der Waals surface area contributed by atoms with E-state index in [9.17, 15) is 9.59 Å². The summed E-state index contributed by atoms with van der Waals surface area (Å²) in [6.45, 7) is 4.27. The van der Waals surface area contributed by atoms with E-state index in [1.54, 1.807) is 24.1 Å². The van der Waals surface area contributed by atoms with Crippen LogP contribution in [0.4, 0.5) is 5.82 Å². The molecule has 1 aliphatic heterocycles. The molecule has 1 unspecified atom stereocenters. The first-order valence-electron chi connectivity index (χ1n) is 9.88. The standard InChI is InChI=1S/C22H23N5O2S/c1-16(24-21(28)18-8-5-15-30-18)22(29)27-13-11-26(12-14-27)19-9-10-23-20(25-19)17-6-3-2-4-7-17/h2-10,15-16H,11-14H2,1H3,(H,24,28). The van der Waals surface area contributed by atoms with Crippen molar-refractivity contribution in [2.75, 3.05) is 31.1 Å². The second-order valence-corrected chi connectivity index (χ2v) is 8.04. The molecule has 1 atom stereocenters. The molecule has 0 radical (unpaired) electrons. The Morgan fingerprint density at radius 3 is 2.50 bits per heavy atom. The van der Waals surface area contributed by atoms with Gasteiger partial charge in [-0.05, 0) is 24.4 Å². The van der Waals surface area contributed by atoms with Crippen LogP contribution in [0.25, 0.3) is 11.4 Å². The molecule has 3 heterocycles. The van der Waals surface area contributed by atoms with Gasteiger partial charge in [-0.2, -0.15) is 0 Å². The van der Waals surface area contributed by atoms with Crippen LogP contribution in [0.3, 0.4) is 0 Å². The van der Waals surface area contributed by atoms with E-state index in [-0.39, 0.29) is 11.8 Å². The van der Waals surface area contributed by atoms with E-state index in [1.807, 2.05) is 47.8 Å². The highest BCUT2D eigenvalue weighted by Crippen LogP contribution is 2.19. The van der Waals surface area contributed by atoms with Gasteiger partial charge in [0.25, 0.3) is 5.91 Å². The zero-order valence-corrected chi connectivity index (χ0v) is 17.5. The SMILES string of the molecule is CC(NC(=O)c1cccs1)C(=O)N1CCN(c2ccnc(-c3ccccc3)n2)CC1. The predicted octanol–water partition coefficient (Wildman–Crippen LogP) is 2.67. The molecule has 0 bridgehead atoms. The fourth-order valence-electron chi connectivity index (χ4n) is 3.42. The van der Waals surface area contributed by atoms with Crippen molar-refractivity contribution in [1.29, 1.82) is 0 Å². The van der Waals surface area contributed by atoms with Gasteiger partial charge >= 0.3 is 0 Å². The number of anilines is 1. The molecule has 1 fully saturated rings. The zero-order valence-electron chi connectivity index (χ0n) is 16.7.